The topological polar surface area (TPSA) is 73.2 Å². The fraction of sp³-hybridized carbons (Fsp3) is 0.192. The molecule has 1 amide bonds. The van der Waals surface area contributed by atoms with Gasteiger partial charge >= 0.3 is 0 Å². The van der Waals surface area contributed by atoms with E-state index in [0.717, 1.165) is 11.3 Å². The van der Waals surface area contributed by atoms with Gasteiger partial charge in [0.15, 0.2) is 5.16 Å². The predicted molar refractivity (Wildman–Crippen MR) is 133 cm³/mol. The van der Waals surface area contributed by atoms with Crippen LogP contribution in [-0.2, 0) is 17.9 Å². The molecular weight excluding hydrogens is 434 g/mol. The zero-order valence-corrected chi connectivity index (χ0v) is 19.3. The second kappa shape index (κ2) is 10.4. The minimum Gasteiger partial charge on any atom is -0.489 e. The van der Waals surface area contributed by atoms with Gasteiger partial charge in [0.2, 0.25) is 5.91 Å². The first-order chi connectivity index (χ1) is 16.0. The Hall–Kier alpha value is -3.58. The van der Waals surface area contributed by atoms with Gasteiger partial charge in [-0.25, -0.2) is 4.98 Å². The van der Waals surface area contributed by atoms with Crippen molar-refractivity contribution in [2.24, 2.45) is 0 Å². The largest absolute Gasteiger partial charge is 0.489 e. The van der Waals surface area contributed by atoms with E-state index in [-0.39, 0.29) is 11.5 Å². The van der Waals surface area contributed by atoms with Gasteiger partial charge in [-0.3, -0.25) is 14.2 Å². The third-order valence-corrected chi connectivity index (χ3v) is 6.25. The highest BCUT2D eigenvalue weighted by molar-refractivity contribution is 8.00. The van der Waals surface area contributed by atoms with E-state index in [9.17, 15) is 9.59 Å². The fourth-order valence-corrected chi connectivity index (χ4v) is 4.32. The van der Waals surface area contributed by atoms with Crippen LogP contribution in [0.25, 0.3) is 10.9 Å². The average molecular weight is 460 g/mol. The summed E-state index contributed by atoms with van der Waals surface area (Å²) in [5, 5.41) is 3.60. The Morgan fingerprint density at radius 3 is 2.45 bits per heavy atom. The molecule has 1 atom stereocenters. The highest BCUT2D eigenvalue weighted by atomic mass is 32.2. The number of aromatic nitrogens is 2. The summed E-state index contributed by atoms with van der Waals surface area (Å²) in [5.41, 5.74) is 2.31. The zero-order valence-electron chi connectivity index (χ0n) is 18.5. The van der Waals surface area contributed by atoms with Crippen LogP contribution in [-0.4, -0.2) is 20.7 Å². The SMILES string of the molecule is CCn1c(SC(C)C(=O)Nc2ccc(OCc3ccccc3)cc2)nc2ccccc2c1=O. The Kier molecular flexibility index (Phi) is 7.10. The molecule has 0 bridgehead atoms. The van der Waals surface area contributed by atoms with Crippen LogP contribution in [0.1, 0.15) is 19.4 Å². The molecule has 0 saturated heterocycles. The molecule has 0 spiro atoms. The minimum absolute atomic E-state index is 0.0932. The third-order valence-electron chi connectivity index (χ3n) is 5.16. The fourth-order valence-electron chi connectivity index (χ4n) is 3.35. The van der Waals surface area contributed by atoms with Crippen molar-refractivity contribution in [1.82, 2.24) is 9.55 Å². The molecular formula is C26H25N3O3S. The number of benzene rings is 3. The molecule has 1 aromatic heterocycles. The molecule has 4 rings (SSSR count). The molecule has 7 heteroatoms. The molecule has 0 aliphatic rings. The number of anilines is 1. The van der Waals surface area contributed by atoms with Crippen LogP contribution >= 0.6 is 11.8 Å². The summed E-state index contributed by atoms with van der Waals surface area (Å²) in [7, 11) is 0. The Labute approximate surface area is 196 Å². The number of amides is 1. The first-order valence-corrected chi connectivity index (χ1v) is 11.7. The number of nitrogens with zero attached hydrogens (tertiary/aromatic N) is 2. The van der Waals surface area contributed by atoms with Crippen molar-refractivity contribution in [3.05, 3.63) is 94.8 Å². The van der Waals surface area contributed by atoms with Gasteiger partial charge in [0.1, 0.15) is 12.4 Å². The van der Waals surface area contributed by atoms with E-state index in [1.165, 1.54) is 11.8 Å². The molecule has 168 valence electrons. The summed E-state index contributed by atoms with van der Waals surface area (Å²) in [6.45, 7) is 4.67. The Bertz CT molecular complexity index is 1300. The van der Waals surface area contributed by atoms with Crippen LogP contribution in [0, 0.1) is 0 Å². The van der Waals surface area contributed by atoms with Crippen molar-refractivity contribution < 1.29 is 9.53 Å². The number of carbonyl (C=O) groups excluding carboxylic acids is 1. The van der Waals surface area contributed by atoms with Gasteiger partial charge in [-0.2, -0.15) is 0 Å². The van der Waals surface area contributed by atoms with Crippen LogP contribution in [0.3, 0.4) is 0 Å². The van der Waals surface area contributed by atoms with Gasteiger partial charge in [0.05, 0.1) is 16.2 Å². The standard InChI is InChI=1S/C26H25N3O3S/c1-3-29-25(31)22-11-7-8-12-23(22)28-26(29)33-18(2)24(30)27-20-13-15-21(16-14-20)32-17-19-9-5-4-6-10-19/h4-16,18H,3,17H2,1-2H3,(H,27,30). The van der Waals surface area contributed by atoms with Crippen LogP contribution in [0.2, 0.25) is 0 Å². The van der Waals surface area contributed by atoms with E-state index in [0.29, 0.717) is 34.9 Å². The lowest BCUT2D eigenvalue weighted by Crippen LogP contribution is -2.26. The third kappa shape index (κ3) is 5.43. The first kappa shape index (κ1) is 22.6. The lowest BCUT2D eigenvalue weighted by atomic mass is 10.2. The van der Waals surface area contributed by atoms with Crippen molar-refractivity contribution in [2.45, 2.75) is 37.4 Å². The van der Waals surface area contributed by atoms with E-state index in [4.69, 9.17) is 4.74 Å². The summed E-state index contributed by atoms with van der Waals surface area (Å²) >= 11 is 1.28. The maximum atomic E-state index is 12.8. The number of hydrogen-bond donors (Lipinski definition) is 1. The van der Waals surface area contributed by atoms with Gasteiger partial charge < -0.3 is 10.1 Å². The molecule has 0 fully saturated rings. The Balaban J connectivity index is 1.40. The molecule has 0 aliphatic heterocycles. The van der Waals surface area contributed by atoms with Crippen LogP contribution in [0.4, 0.5) is 5.69 Å². The van der Waals surface area contributed by atoms with Gasteiger partial charge in [-0.05, 0) is 55.8 Å². The molecule has 6 nitrogen and oxygen atoms in total. The number of fused-ring (bicyclic) bond motifs is 1. The van der Waals surface area contributed by atoms with E-state index in [1.54, 1.807) is 17.6 Å². The van der Waals surface area contributed by atoms with Gasteiger partial charge in [-0.1, -0.05) is 54.2 Å². The van der Waals surface area contributed by atoms with Gasteiger partial charge in [0.25, 0.3) is 5.56 Å². The summed E-state index contributed by atoms with van der Waals surface area (Å²) in [4.78, 5) is 30.2. The van der Waals surface area contributed by atoms with E-state index in [1.807, 2.05) is 79.7 Å². The van der Waals surface area contributed by atoms with E-state index >= 15 is 0 Å². The summed E-state index contributed by atoms with van der Waals surface area (Å²) in [5.74, 6) is 0.564. The summed E-state index contributed by atoms with van der Waals surface area (Å²) < 4.78 is 7.40. The van der Waals surface area contributed by atoms with Crippen molar-refractivity contribution in [2.75, 3.05) is 5.32 Å². The summed E-state index contributed by atoms with van der Waals surface area (Å²) in [6.07, 6.45) is 0. The van der Waals surface area contributed by atoms with Crippen molar-refractivity contribution in [3.8, 4) is 5.75 Å². The number of nitrogens with one attached hydrogen (secondary N) is 1. The van der Waals surface area contributed by atoms with Gasteiger partial charge in [0, 0.05) is 12.2 Å². The van der Waals surface area contributed by atoms with Crippen molar-refractivity contribution >= 4 is 34.3 Å². The van der Waals surface area contributed by atoms with E-state index in [2.05, 4.69) is 10.3 Å². The normalized spacial score (nSPS) is 11.8. The van der Waals surface area contributed by atoms with Crippen molar-refractivity contribution in [3.63, 3.8) is 0 Å². The first-order valence-electron chi connectivity index (χ1n) is 10.8. The number of ether oxygens (including phenoxy) is 1. The van der Waals surface area contributed by atoms with Crippen LogP contribution in [0.15, 0.2) is 88.8 Å². The smallest absolute Gasteiger partial charge is 0.262 e. The monoisotopic (exact) mass is 459 g/mol. The molecule has 0 aliphatic carbocycles. The minimum atomic E-state index is -0.440. The molecule has 1 heterocycles. The highest BCUT2D eigenvalue weighted by Gasteiger charge is 2.19. The molecule has 33 heavy (non-hydrogen) atoms. The number of rotatable bonds is 8. The second-order valence-electron chi connectivity index (χ2n) is 7.51. The Morgan fingerprint density at radius 2 is 1.73 bits per heavy atom. The molecule has 0 radical (unpaired) electrons. The van der Waals surface area contributed by atoms with Crippen LogP contribution in [0.5, 0.6) is 5.75 Å². The molecule has 1 unspecified atom stereocenters. The molecule has 1 N–H and O–H groups in total. The van der Waals surface area contributed by atoms with Crippen LogP contribution < -0.4 is 15.6 Å². The van der Waals surface area contributed by atoms with Gasteiger partial charge in [-0.15, -0.1) is 0 Å². The predicted octanol–water partition coefficient (Wildman–Crippen LogP) is 5.11. The average Bonchev–Trinajstić information content (AvgIpc) is 2.84. The maximum absolute atomic E-state index is 12.8. The molecule has 0 saturated carbocycles. The lowest BCUT2D eigenvalue weighted by molar-refractivity contribution is -0.115. The number of hydrogen-bond acceptors (Lipinski definition) is 5. The maximum Gasteiger partial charge on any atom is 0.262 e. The van der Waals surface area contributed by atoms with Crippen molar-refractivity contribution in [1.29, 1.82) is 0 Å². The second-order valence-corrected chi connectivity index (χ2v) is 8.82. The summed E-state index contributed by atoms with van der Waals surface area (Å²) in [6, 6.07) is 24.5. The number of para-hydroxylation sites is 1. The number of thioether (sulfide) groups is 1. The Morgan fingerprint density at radius 1 is 1.03 bits per heavy atom. The van der Waals surface area contributed by atoms with E-state index < -0.39 is 5.25 Å². The lowest BCUT2D eigenvalue weighted by Gasteiger charge is -2.15. The highest BCUT2D eigenvalue weighted by Crippen LogP contribution is 2.24. The quantitative estimate of drug-likeness (QED) is 0.293. The number of carbonyl (C=O) groups is 1. The molecule has 3 aromatic carbocycles. The zero-order chi connectivity index (χ0) is 23.2. The molecule has 4 aromatic rings.